The van der Waals surface area contributed by atoms with Gasteiger partial charge in [0.25, 0.3) is 0 Å². The third-order valence-electron chi connectivity index (χ3n) is 2.12. The summed E-state index contributed by atoms with van der Waals surface area (Å²) < 4.78 is 0. The van der Waals surface area contributed by atoms with Gasteiger partial charge in [0.15, 0.2) is 0 Å². The van der Waals surface area contributed by atoms with Gasteiger partial charge >= 0.3 is 0 Å². The van der Waals surface area contributed by atoms with Gasteiger partial charge in [0, 0.05) is 23.9 Å². The van der Waals surface area contributed by atoms with Crippen molar-refractivity contribution in [1.82, 2.24) is 4.90 Å². The lowest BCUT2D eigenvalue weighted by Crippen LogP contribution is -2.26. The first-order valence-electron chi connectivity index (χ1n) is 4.06. The van der Waals surface area contributed by atoms with Crippen molar-refractivity contribution >= 4 is 23.6 Å². The van der Waals surface area contributed by atoms with E-state index in [1.54, 1.807) is 12.3 Å². The summed E-state index contributed by atoms with van der Waals surface area (Å²) in [6, 6.07) is 0. The van der Waals surface area contributed by atoms with Crippen LogP contribution in [0.3, 0.4) is 0 Å². The second-order valence-electron chi connectivity index (χ2n) is 3.15. The van der Waals surface area contributed by atoms with Crippen LogP contribution in [0.2, 0.25) is 0 Å². The van der Waals surface area contributed by atoms with Gasteiger partial charge in [-0.25, -0.2) is 0 Å². The predicted molar refractivity (Wildman–Crippen MR) is 51.4 cm³/mol. The fourth-order valence-electron chi connectivity index (χ4n) is 1.54. The number of hydrogen-bond acceptors (Lipinski definition) is 3. The van der Waals surface area contributed by atoms with Gasteiger partial charge in [0.1, 0.15) is 17.6 Å². The number of carbonyl (C=O) groups excluding carboxylic acids is 1. The molecule has 13 heavy (non-hydrogen) atoms. The summed E-state index contributed by atoms with van der Waals surface area (Å²) in [5.41, 5.74) is 1.65. The summed E-state index contributed by atoms with van der Waals surface area (Å²) in [5.74, 6) is 0. The number of halogens is 1. The molecule has 0 N–H and O–H groups in total. The first-order chi connectivity index (χ1) is 6.20. The van der Waals surface area contributed by atoms with E-state index in [1.165, 1.54) is 0 Å². The molecule has 0 spiro atoms. The Morgan fingerprint density at radius 1 is 1.77 bits per heavy atom. The Morgan fingerprint density at radius 2 is 2.54 bits per heavy atom. The maximum Gasteiger partial charge on any atom is 0.147 e. The molecular formula is C9H9ClN2O. The van der Waals surface area contributed by atoms with Gasteiger partial charge in [0.2, 0.25) is 0 Å². The molecule has 0 fully saturated rings. The number of nitrogens with zero attached hydrogens (tertiary/aromatic N) is 2. The Kier molecular flexibility index (Phi) is 1.96. The Bertz CT molecular complexity index is 344. The number of aldehydes is 1. The van der Waals surface area contributed by atoms with Crippen LogP contribution in [0.25, 0.3) is 0 Å². The van der Waals surface area contributed by atoms with E-state index in [1.807, 2.05) is 11.8 Å². The van der Waals surface area contributed by atoms with Gasteiger partial charge in [-0.1, -0.05) is 11.6 Å². The molecule has 1 unspecified atom stereocenters. The zero-order valence-corrected chi connectivity index (χ0v) is 7.95. The van der Waals surface area contributed by atoms with Crippen LogP contribution in [-0.2, 0) is 4.79 Å². The maximum atomic E-state index is 10.5. The van der Waals surface area contributed by atoms with Crippen molar-refractivity contribution in [3.05, 3.63) is 23.0 Å². The number of aliphatic imine (C=N–C) groups is 1. The molecule has 0 aliphatic carbocycles. The third kappa shape index (κ3) is 1.40. The number of hydrogen-bond donors (Lipinski definition) is 0. The van der Waals surface area contributed by atoms with Crippen LogP contribution in [0, 0.1) is 0 Å². The molecule has 2 heterocycles. The first kappa shape index (κ1) is 8.51. The zero-order chi connectivity index (χ0) is 9.42. The average molecular weight is 197 g/mol. The van der Waals surface area contributed by atoms with E-state index in [2.05, 4.69) is 4.99 Å². The van der Waals surface area contributed by atoms with Crippen molar-refractivity contribution in [2.24, 2.45) is 4.99 Å². The molecule has 2 rings (SSSR count). The molecule has 2 aliphatic heterocycles. The van der Waals surface area contributed by atoms with Gasteiger partial charge in [-0.15, -0.1) is 0 Å². The van der Waals surface area contributed by atoms with E-state index in [-0.39, 0.29) is 6.17 Å². The molecule has 0 aromatic carbocycles. The lowest BCUT2D eigenvalue weighted by atomic mass is 10.2. The van der Waals surface area contributed by atoms with Crippen LogP contribution in [0.4, 0.5) is 0 Å². The SMILES string of the molecule is CC1=NC2CC(C=O)=CN2C(Cl)=C1. The smallest absolute Gasteiger partial charge is 0.147 e. The summed E-state index contributed by atoms with van der Waals surface area (Å²) in [6.45, 7) is 1.90. The highest BCUT2D eigenvalue weighted by Crippen LogP contribution is 2.30. The minimum Gasteiger partial charge on any atom is -0.315 e. The maximum absolute atomic E-state index is 10.5. The highest BCUT2D eigenvalue weighted by Gasteiger charge is 2.27. The molecule has 0 aromatic heterocycles. The van der Waals surface area contributed by atoms with E-state index in [0.717, 1.165) is 17.6 Å². The van der Waals surface area contributed by atoms with Crippen molar-refractivity contribution in [3.63, 3.8) is 0 Å². The van der Waals surface area contributed by atoms with Crippen LogP contribution in [0.5, 0.6) is 0 Å². The van der Waals surface area contributed by atoms with E-state index in [4.69, 9.17) is 11.6 Å². The topological polar surface area (TPSA) is 32.7 Å². The van der Waals surface area contributed by atoms with E-state index in [0.29, 0.717) is 11.6 Å². The Labute approximate surface area is 81.4 Å². The van der Waals surface area contributed by atoms with Crippen molar-refractivity contribution < 1.29 is 4.79 Å². The standard InChI is InChI=1S/C9H9ClN2O/c1-6-2-8(10)12-4-7(5-13)3-9(12)11-6/h2,4-5,9H,3H2,1H3. The van der Waals surface area contributed by atoms with Crippen molar-refractivity contribution in [2.75, 3.05) is 0 Å². The summed E-state index contributed by atoms with van der Waals surface area (Å²) >= 11 is 5.98. The molecule has 0 aromatic rings. The Balaban J connectivity index is 2.31. The minimum atomic E-state index is -0.00213. The molecule has 0 saturated carbocycles. The monoisotopic (exact) mass is 196 g/mol. The highest BCUT2D eigenvalue weighted by atomic mass is 35.5. The summed E-state index contributed by atoms with van der Waals surface area (Å²) in [4.78, 5) is 16.7. The first-order valence-corrected chi connectivity index (χ1v) is 4.44. The van der Waals surface area contributed by atoms with E-state index < -0.39 is 0 Å². The molecule has 3 nitrogen and oxygen atoms in total. The number of rotatable bonds is 1. The van der Waals surface area contributed by atoms with Gasteiger partial charge in [-0.3, -0.25) is 9.79 Å². The van der Waals surface area contributed by atoms with Crippen LogP contribution >= 0.6 is 11.6 Å². The fourth-order valence-corrected chi connectivity index (χ4v) is 1.86. The molecule has 0 amide bonds. The van der Waals surface area contributed by atoms with Crippen molar-refractivity contribution in [3.8, 4) is 0 Å². The minimum absolute atomic E-state index is 0.00213. The third-order valence-corrected chi connectivity index (χ3v) is 2.43. The van der Waals surface area contributed by atoms with Crippen molar-refractivity contribution in [1.29, 1.82) is 0 Å². The van der Waals surface area contributed by atoms with E-state index >= 15 is 0 Å². The molecule has 0 saturated heterocycles. The van der Waals surface area contributed by atoms with Crippen LogP contribution in [-0.4, -0.2) is 23.1 Å². The van der Waals surface area contributed by atoms with Crippen LogP contribution < -0.4 is 0 Å². The highest BCUT2D eigenvalue weighted by molar-refractivity contribution is 6.31. The molecule has 2 aliphatic rings. The fraction of sp³-hybridized carbons (Fsp3) is 0.333. The average Bonchev–Trinajstić information content (AvgIpc) is 2.47. The lowest BCUT2D eigenvalue weighted by Gasteiger charge is -2.25. The second-order valence-corrected chi connectivity index (χ2v) is 3.54. The molecule has 68 valence electrons. The molecule has 0 radical (unpaired) electrons. The van der Waals surface area contributed by atoms with Gasteiger partial charge < -0.3 is 4.90 Å². The summed E-state index contributed by atoms with van der Waals surface area (Å²) in [6.07, 6.45) is 5.06. The molecule has 4 heteroatoms. The normalized spacial score (nSPS) is 26.2. The van der Waals surface area contributed by atoms with Crippen molar-refractivity contribution in [2.45, 2.75) is 19.5 Å². The molecule has 1 atom stereocenters. The summed E-state index contributed by atoms with van der Waals surface area (Å²) in [7, 11) is 0. The predicted octanol–water partition coefficient (Wildman–Crippen LogP) is 1.66. The summed E-state index contributed by atoms with van der Waals surface area (Å²) in [5, 5.41) is 0.634. The molecule has 0 bridgehead atoms. The lowest BCUT2D eigenvalue weighted by molar-refractivity contribution is -0.105. The number of allylic oxidation sites excluding steroid dienone is 1. The van der Waals surface area contributed by atoms with Crippen LogP contribution in [0.1, 0.15) is 13.3 Å². The second kappa shape index (κ2) is 3.00. The Hall–Kier alpha value is -1.09. The van der Waals surface area contributed by atoms with Gasteiger partial charge in [0.05, 0.1) is 0 Å². The zero-order valence-electron chi connectivity index (χ0n) is 7.20. The molecular weight excluding hydrogens is 188 g/mol. The van der Waals surface area contributed by atoms with Gasteiger partial charge in [-0.05, 0) is 13.0 Å². The van der Waals surface area contributed by atoms with Crippen LogP contribution in [0.15, 0.2) is 28.0 Å². The number of fused-ring (bicyclic) bond motifs is 1. The largest absolute Gasteiger partial charge is 0.315 e. The van der Waals surface area contributed by atoms with E-state index in [9.17, 15) is 4.79 Å². The Morgan fingerprint density at radius 3 is 3.23 bits per heavy atom. The quantitative estimate of drug-likeness (QED) is 0.472. The number of carbonyl (C=O) groups is 1. The van der Waals surface area contributed by atoms with Gasteiger partial charge in [-0.2, -0.15) is 0 Å².